The number of esters is 2. The maximum absolute atomic E-state index is 11.9. The first-order chi connectivity index (χ1) is 13.3. The second-order valence-corrected chi connectivity index (χ2v) is 6.04. The molecule has 2 aromatic heterocycles. The molecule has 0 unspecified atom stereocenters. The van der Waals surface area contributed by atoms with Crippen molar-refractivity contribution in [3.05, 3.63) is 42.1 Å². The van der Waals surface area contributed by atoms with E-state index in [1.807, 2.05) is 0 Å². The molecule has 0 spiro atoms. The first-order valence-electron chi connectivity index (χ1n) is 8.03. The zero-order chi connectivity index (χ0) is 20.8. The third-order valence-corrected chi connectivity index (χ3v) is 3.96. The van der Waals surface area contributed by atoms with E-state index < -0.39 is 24.6 Å². The van der Waals surface area contributed by atoms with E-state index in [0.717, 1.165) is 0 Å². The number of methoxy groups -OCH3 is 2. The number of allylic oxidation sites excluding steroid dienone is 1. The number of nitrogens with zero attached hydrogens (tertiary/aromatic N) is 2. The smallest absolute Gasteiger partial charge is 0.356 e. The standard InChI is InChI=1S/C18H19N3O6S/c1-9(2)15-20-13(8-27-15)14-10(5-6-11(19-14)17(23)25-3)16(28)21-12(7-22)18(24)26-4/h5-6,8,12,22H,1,7H2,2-4H3,(H,21,28)/t12-/m0/s1. The first kappa shape index (κ1) is 21.2. The van der Waals surface area contributed by atoms with Crippen LogP contribution in [0.3, 0.4) is 0 Å². The lowest BCUT2D eigenvalue weighted by atomic mass is 10.1. The predicted molar refractivity (Wildman–Crippen MR) is 104 cm³/mol. The van der Waals surface area contributed by atoms with Gasteiger partial charge in [0.2, 0.25) is 5.89 Å². The Morgan fingerprint density at radius 3 is 2.57 bits per heavy atom. The van der Waals surface area contributed by atoms with Crippen LogP contribution in [0.4, 0.5) is 0 Å². The second-order valence-electron chi connectivity index (χ2n) is 5.63. The molecule has 148 valence electrons. The van der Waals surface area contributed by atoms with Crippen molar-refractivity contribution in [1.29, 1.82) is 0 Å². The summed E-state index contributed by atoms with van der Waals surface area (Å²) in [5.74, 6) is -1.03. The number of hydrogen-bond acceptors (Lipinski definition) is 9. The fourth-order valence-electron chi connectivity index (χ4n) is 2.19. The van der Waals surface area contributed by atoms with Crippen molar-refractivity contribution in [1.82, 2.24) is 15.3 Å². The van der Waals surface area contributed by atoms with Crippen LogP contribution in [0.2, 0.25) is 0 Å². The van der Waals surface area contributed by atoms with Crippen LogP contribution in [0, 0.1) is 0 Å². The topological polar surface area (TPSA) is 124 Å². The van der Waals surface area contributed by atoms with Crippen LogP contribution in [0.5, 0.6) is 0 Å². The van der Waals surface area contributed by atoms with Crippen molar-refractivity contribution >= 4 is 34.7 Å². The number of rotatable bonds is 7. The van der Waals surface area contributed by atoms with E-state index in [2.05, 4.69) is 26.6 Å². The van der Waals surface area contributed by atoms with Gasteiger partial charge in [-0.1, -0.05) is 18.8 Å². The van der Waals surface area contributed by atoms with E-state index in [4.69, 9.17) is 21.4 Å². The van der Waals surface area contributed by atoms with Crippen molar-refractivity contribution < 1.29 is 28.6 Å². The number of carbonyl (C=O) groups excluding carboxylic acids is 2. The molecule has 2 N–H and O–H groups in total. The van der Waals surface area contributed by atoms with Crippen LogP contribution in [0.25, 0.3) is 17.0 Å². The average Bonchev–Trinajstić information content (AvgIpc) is 3.20. The van der Waals surface area contributed by atoms with Crippen molar-refractivity contribution in [3.63, 3.8) is 0 Å². The number of aliphatic hydroxyl groups excluding tert-OH is 1. The summed E-state index contributed by atoms with van der Waals surface area (Å²) < 4.78 is 14.7. The third-order valence-electron chi connectivity index (χ3n) is 3.62. The van der Waals surface area contributed by atoms with Crippen LogP contribution < -0.4 is 5.32 Å². The van der Waals surface area contributed by atoms with Crippen molar-refractivity contribution in [2.45, 2.75) is 13.0 Å². The van der Waals surface area contributed by atoms with Gasteiger partial charge in [0.05, 0.1) is 20.8 Å². The Morgan fingerprint density at radius 2 is 2.04 bits per heavy atom. The van der Waals surface area contributed by atoms with E-state index in [1.165, 1.54) is 32.6 Å². The Hall–Kier alpha value is -3.11. The predicted octanol–water partition coefficient (Wildman–Crippen LogP) is 1.36. The van der Waals surface area contributed by atoms with Crippen LogP contribution in [-0.4, -0.2) is 58.9 Å². The van der Waals surface area contributed by atoms with Crippen LogP contribution in [0.15, 0.2) is 29.4 Å². The molecular formula is C18H19N3O6S. The minimum atomic E-state index is -1.06. The molecule has 0 bridgehead atoms. The fraction of sp³-hybridized carbons (Fsp3) is 0.278. The number of pyridine rings is 1. The molecule has 28 heavy (non-hydrogen) atoms. The van der Waals surface area contributed by atoms with Gasteiger partial charge in [0.25, 0.3) is 0 Å². The van der Waals surface area contributed by atoms with E-state index in [9.17, 15) is 14.7 Å². The Kier molecular flexibility index (Phi) is 6.96. The van der Waals surface area contributed by atoms with Crippen LogP contribution >= 0.6 is 12.2 Å². The summed E-state index contributed by atoms with van der Waals surface area (Å²) in [6, 6.07) is 1.89. The number of aliphatic hydroxyl groups is 1. The molecule has 2 aromatic rings. The van der Waals surface area contributed by atoms with Gasteiger partial charge in [-0.3, -0.25) is 0 Å². The van der Waals surface area contributed by atoms with Gasteiger partial charge >= 0.3 is 11.9 Å². The van der Waals surface area contributed by atoms with Gasteiger partial charge in [-0.25, -0.2) is 19.6 Å². The van der Waals surface area contributed by atoms with Crippen molar-refractivity contribution in [3.8, 4) is 11.4 Å². The molecule has 1 atom stereocenters. The SMILES string of the molecule is C=C(C)c1nc(-c2nc(C(=O)OC)ccc2C(=S)N[C@@H](CO)C(=O)OC)co1. The molecule has 0 aliphatic heterocycles. The minimum absolute atomic E-state index is 0.0376. The summed E-state index contributed by atoms with van der Waals surface area (Å²) >= 11 is 5.35. The number of oxazole rings is 1. The van der Waals surface area contributed by atoms with Gasteiger partial charge in [-0.2, -0.15) is 0 Å². The lowest BCUT2D eigenvalue weighted by Gasteiger charge is -2.17. The number of thiocarbonyl (C=S) groups is 1. The molecule has 0 aliphatic rings. The Labute approximate surface area is 166 Å². The maximum Gasteiger partial charge on any atom is 0.356 e. The Bertz CT molecular complexity index is 924. The average molecular weight is 405 g/mol. The zero-order valence-corrected chi connectivity index (χ0v) is 16.3. The minimum Gasteiger partial charge on any atom is -0.467 e. The van der Waals surface area contributed by atoms with Crippen molar-refractivity contribution in [2.24, 2.45) is 0 Å². The zero-order valence-electron chi connectivity index (χ0n) is 15.5. The summed E-state index contributed by atoms with van der Waals surface area (Å²) in [6.45, 7) is 4.96. The molecular weight excluding hydrogens is 386 g/mol. The van der Waals surface area contributed by atoms with Gasteiger partial charge in [0, 0.05) is 11.1 Å². The monoisotopic (exact) mass is 405 g/mol. The summed E-state index contributed by atoms with van der Waals surface area (Å²) in [4.78, 5) is 32.2. The molecule has 0 saturated heterocycles. The Morgan fingerprint density at radius 1 is 1.32 bits per heavy atom. The molecule has 0 aromatic carbocycles. The van der Waals surface area contributed by atoms with Gasteiger partial charge in [-0.05, 0) is 19.1 Å². The fourth-order valence-corrected chi connectivity index (χ4v) is 2.50. The van der Waals surface area contributed by atoms with E-state index in [1.54, 1.807) is 6.92 Å². The normalized spacial score (nSPS) is 11.4. The molecule has 0 fully saturated rings. The molecule has 2 rings (SSSR count). The number of aromatic nitrogens is 2. The summed E-state index contributed by atoms with van der Waals surface area (Å²) in [5, 5.41) is 12.1. The molecule has 0 aliphatic carbocycles. The summed E-state index contributed by atoms with van der Waals surface area (Å²) in [7, 11) is 2.43. The van der Waals surface area contributed by atoms with Crippen molar-refractivity contribution in [2.75, 3.05) is 20.8 Å². The lowest BCUT2D eigenvalue weighted by molar-refractivity contribution is -0.143. The second kappa shape index (κ2) is 9.20. The highest BCUT2D eigenvalue weighted by Crippen LogP contribution is 2.24. The number of hydrogen-bond donors (Lipinski definition) is 2. The number of ether oxygens (including phenoxy) is 2. The largest absolute Gasteiger partial charge is 0.467 e. The lowest BCUT2D eigenvalue weighted by Crippen LogP contribution is -2.43. The van der Waals surface area contributed by atoms with Gasteiger partial charge in [0.15, 0.2) is 0 Å². The summed E-state index contributed by atoms with van der Waals surface area (Å²) in [5.41, 5.74) is 1.55. The van der Waals surface area contributed by atoms with Crippen LogP contribution in [-0.2, 0) is 14.3 Å². The highest BCUT2D eigenvalue weighted by molar-refractivity contribution is 7.80. The summed E-state index contributed by atoms with van der Waals surface area (Å²) in [6.07, 6.45) is 1.35. The maximum atomic E-state index is 11.9. The quantitative estimate of drug-likeness (QED) is 0.515. The van der Waals surface area contributed by atoms with Gasteiger partial charge in [0.1, 0.15) is 34.4 Å². The van der Waals surface area contributed by atoms with Crippen LogP contribution in [0.1, 0.15) is 28.9 Å². The molecule has 0 radical (unpaired) electrons. The number of carbonyl (C=O) groups is 2. The molecule has 0 amide bonds. The first-order valence-corrected chi connectivity index (χ1v) is 8.43. The highest BCUT2D eigenvalue weighted by Gasteiger charge is 2.23. The van der Waals surface area contributed by atoms with Gasteiger partial charge < -0.3 is 24.3 Å². The highest BCUT2D eigenvalue weighted by atomic mass is 32.1. The van der Waals surface area contributed by atoms with Gasteiger partial charge in [-0.15, -0.1) is 0 Å². The van der Waals surface area contributed by atoms with E-state index in [-0.39, 0.29) is 16.4 Å². The van der Waals surface area contributed by atoms with E-state index in [0.29, 0.717) is 22.7 Å². The Balaban J connectivity index is 2.50. The molecule has 0 saturated carbocycles. The molecule has 2 heterocycles. The molecule has 10 heteroatoms. The molecule has 9 nitrogen and oxygen atoms in total. The number of nitrogens with one attached hydrogen (secondary N) is 1. The third kappa shape index (κ3) is 4.59. The van der Waals surface area contributed by atoms with E-state index >= 15 is 0 Å².